The van der Waals surface area contributed by atoms with Gasteiger partial charge in [0.1, 0.15) is 0 Å². The molecule has 6 nitrogen and oxygen atoms in total. The second-order valence-electron chi connectivity index (χ2n) is 4.53. The Morgan fingerprint density at radius 1 is 1.18 bits per heavy atom. The van der Waals surface area contributed by atoms with E-state index in [1.54, 1.807) is 12.3 Å². The molecule has 3 aromatic rings. The van der Waals surface area contributed by atoms with Gasteiger partial charge >= 0.3 is 5.69 Å². The molecular formula is C15H10ClN3O3. The number of hydrogen-bond acceptors (Lipinski definition) is 5. The van der Waals surface area contributed by atoms with Crippen LogP contribution in [0.2, 0.25) is 5.02 Å². The van der Waals surface area contributed by atoms with E-state index in [4.69, 9.17) is 16.3 Å². The minimum absolute atomic E-state index is 0.0192. The van der Waals surface area contributed by atoms with Gasteiger partial charge in [0.05, 0.1) is 22.6 Å². The quantitative estimate of drug-likeness (QED) is 0.541. The monoisotopic (exact) mass is 315 g/mol. The molecule has 0 saturated heterocycles. The molecule has 0 amide bonds. The summed E-state index contributed by atoms with van der Waals surface area (Å²) >= 11 is 6.16. The van der Waals surface area contributed by atoms with Crippen LogP contribution < -0.4 is 4.74 Å². The molecule has 2 heterocycles. The van der Waals surface area contributed by atoms with E-state index in [2.05, 4.69) is 9.97 Å². The topological polar surface area (TPSA) is 78.2 Å². The molecule has 0 radical (unpaired) electrons. The Bertz CT molecular complexity index is 883. The number of fused-ring (bicyclic) bond motifs is 1. The zero-order valence-electron chi connectivity index (χ0n) is 11.5. The second-order valence-corrected chi connectivity index (χ2v) is 4.94. The third-order valence-electron chi connectivity index (χ3n) is 3.24. The zero-order valence-corrected chi connectivity index (χ0v) is 12.2. The molecular weight excluding hydrogens is 306 g/mol. The summed E-state index contributed by atoms with van der Waals surface area (Å²) in [7, 11) is 1.34. The first-order valence-electron chi connectivity index (χ1n) is 6.33. The number of rotatable bonds is 3. The van der Waals surface area contributed by atoms with Gasteiger partial charge in [0.15, 0.2) is 0 Å². The standard InChI is InChI=1S/C15H10ClN3O3/c1-22-15-14(19(20)21)7-10(8-18-15)9-2-3-13-11(6-9)12(16)4-5-17-13/h2-8H,1H3. The largest absolute Gasteiger partial charge is 0.476 e. The summed E-state index contributed by atoms with van der Waals surface area (Å²) in [5.41, 5.74) is 1.94. The van der Waals surface area contributed by atoms with Gasteiger partial charge in [0.2, 0.25) is 0 Å². The molecule has 1 aromatic carbocycles. The third-order valence-corrected chi connectivity index (χ3v) is 3.57. The van der Waals surface area contributed by atoms with Crippen LogP contribution in [-0.4, -0.2) is 22.0 Å². The minimum Gasteiger partial charge on any atom is -0.476 e. The van der Waals surface area contributed by atoms with E-state index in [0.717, 1.165) is 16.5 Å². The lowest BCUT2D eigenvalue weighted by atomic mass is 10.0. The number of nitro groups is 1. The first-order chi connectivity index (χ1) is 10.6. The lowest BCUT2D eigenvalue weighted by Crippen LogP contribution is -1.96. The SMILES string of the molecule is COc1ncc(-c2ccc3nccc(Cl)c3c2)cc1[N+](=O)[O-]. The number of hydrogen-bond donors (Lipinski definition) is 0. The van der Waals surface area contributed by atoms with Crippen LogP contribution in [0.3, 0.4) is 0 Å². The van der Waals surface area contributed by atoms with E-state index < -0.39 is 4.92 Å². The van der Waals surface area contributed by atoms with Crippen molar-refractivity contribution in [1.29, 1.82) is 0 Å². The van der Waals surface area contributed by atoms with Crippen molar-refractivity contribution >= 4 is 28.2 Å². The first-order valence-corrected chi connectivity index (χ1v) is 6.71. The predicted octanol–water partition coefficient (Wildman–Crippen LogP) is 3.87. The second kappa shape index (κ2) is 5.57. The highest BCUT2D eigenvalue weighted by molar-refractivity contribution is 6.35. The number of ether oxygens (including phenoxy) is 1. The van der Waals surface area contributed by atoms with E-state index in [1.165, 1.54) is 19.4 Å². The Kier molecular flexibility index (Phi) is 3.60. The van der Waals surface area contributed by atoms with Gasteiger partial charge in [0, 0.05) is 29.4 Å². The molecule has 0 N–H and O–H groups in total. The smallest absolute Gasteiger partial charge is 0.331 e. The molecule has 0 unspecified atom stereocenters. The minimum atomic E-state index is -0.523. The Morgan fingerprint density at radius 2 is 2.00 bits per heavy atom. The van der Waals surface area contributed by atoms with Crippen LogP contribution in [0, 0.1) is 10.1 Å². The maximum Gasteiger partial charge on any atom is 0.331 e. The summed E-state index contributed by atoms with van der Waals surface area (Å²) in [6.07, 6.45) is 3.15. The number of benzene rings is 1. The normalized spacial score (nSPS) is 10.6. The molecule has 0 spiro atoms. The summed E-state index contributed by atoms with van der Waals surface area (Å²) in [4.78, 5) is 18.8. The molecule has 0 bridgehead atoms. The average molecular weight is 316 g/mol. The fourth-order valence-electron chi connectivity index (χ4n) is 2.18. The van der Waals surface area contributed by atoms with Gasteiger partial charge in [-0.1, -0.05) is 17.7 Å². The van der Waals surface area contributed by atoms with E-state index in [-0.39, 0.29) is 11.6 Å². The van der Waals surface area contributed by atoms with Crippen molar-refractivity contribution in [3.63, 3.8) is 0 Å². The van der Waals surface area contributed by atoms with Crippen molar-refractivity contribution in [2.24, 2.45) is 0 Å². The van der Waals surface area contributed by atoms with Crippen LogP contribution in [0.15, 0.2) is 42.7 Å². The molecule has 3 rings (SSSR count). The van der Waals surface area contributed by atoms with E-state index in [1.807, 2.05) is 18.2 Å². The lowest BCUT2D eigenvalue weighted by Gasteiger charge is -2.06. The van der Waals surface area contributed by atoms with Crippen molar-refractivity contribution in [3.8, 4) is 17.0 Å². The number of nitrogens with zero attached hydrogens (tertiary/aromatic N) is 3. The van der Waals surface area contributed by atoms with Crippen LogP contribution in [0.5, 0.6) is 5.88 Å². The molecule has 2 aromatic heterocycles. The van der Waals surface area contributed by atoms with Crippen LogP contribution in [-0.2, 0) is 0 Å². The number of aromatic nitrogens is 2. The van der Waals surface area contributed by atoms with Crippen LogP contribution >= 0.6 is 11.6 Å². The summed E-state index contributed by atoms with van der Waals surface area (Å²) in [5.74, 6) is -0.0192. The highest BCUT2D eigenvalue weighted by Crippen LogP contribution is 2.32. The number of pyridine rings is 2. The van der Waals surface area contributed by atoms with Crippen LogP contribution in [0.1, 0.15) is 0 Å². The number of methoxy groups -OCH3 is 1. The molecule has 0 aliphatic carbocycles. The zero-order chi connectivity index (χ0) is 15.7. The van der Waals surface area contributed by atoms with Gasteiger partial charge in [0.25, 0.3) is 5.88 Å². The predicted molar refractivity (Wildman–Crippen MR) is 83.2 cm³/mol. The summed E-state index contributed by atoms with van der Waals surface area (Å²) in [5, 5.41) is 12.4. The van der Waals surface area contributed by atoms with Crippen molar-refractivity contribution in [2.75, 3.05) is 7.11 Å². The maximum absolute atomic E-state index is 11.1. The number of halogens is 1. The fraction of sp³-hybridized carbons (Fsp3) is 0.0667. The molecule has 0 aliphatic heterocycles. The van der Waals surface area contributed by atoms with Gasteiger partial charge in [-0.2, -0.15) is 0 Å². The molecule has 0 atom stereocenters. The molecule has 7 heteroatoms. The Balaban J connectivity index is 2.17. The van der Waals surface area contributed by atoms with Gasteiger partial charge in [-0.05, 0) is 23.8 Å². The van der Waals surface area contributed by atoms with E-state index in [9.17, 15) is 10.1 Å². The van der Waals surface area contributed by atoms with Crippen molar-refractivity contribution in [1.82, 2.24) is 9.97 Å². The van der Waals surface area contributed by atoms with Crippen molar-refractivity contribution in [2.45, 2.75) is 0 Å². The van der Waals surface area contributed by atoms with Crippen LogP contribution in [0.4, 0.5) is 5.69 Å². The maximum atomic E-state index is 11.1. The highest BCUT2D eigenvalue weighted by Gasteiger charge is 2.17. The van der Waals surface area contributed by atoms with Gasteiger partial charge in [-0.15, -0.1) is 0 Å². The van der Waals surface area contributed by atoms with Gasteiger partial charge in [-0.3, -0.25) is 15.1 Å². The molecule has 110 valence electrons. The van der Waals surface area contributed by atoms with E-state index in [0.29, 0.717) is 10.6 Å². The van der Waals surface area contributed by atoms with Gasteiger partial charge < -0.3 is 4.74 Å². The summed E-state index contributed by atoms with van der Waals surface area (Å²) in [6, 6.07) is 8.59. The third kappa shape index (κ3) is 2.44. The molecule has 0 aliphatic rings. The first kappa shape index (κ1) is 14.2. The lowest BCUT2D eigenvalue weighted by molar-refractivity contribution is -0.386. The summed E-state index contributed by atoms with van der Waals surface area (Å²) in [6.45, 7) is 0. The highest BCUT2D eigenvalue weighted by atomic mass is 35.5. The fourth-order valence-corrected chi connectivity index (χ4v) is 2.39. The molecule has 0 saturated carbocycles. The Hall–Kier alpha value is -2.73. The average Bonchev–Trinajstić information content (AvgIpc) is 2.54. The van der Waals surface area contributed by atoms with Crippen LogP contribution in [0.25, 0.3) is 22.0 Å². The molecule has 22 heavy (non-hydrogen) atoms. The Morgan fingerprint density at radius 3 is 2.73 bits per heavy atom. The molecule has 0 fully saturated rings. The van der Waals surface area contributed by atoms with E-state index >= 15 is 0 Å². The van der Waals surface area contributed by atoms with Crippen molar-refractivity contribution < 1.29 is 9.66 Å². The Labute approximate surface area is 130 Å². The summed E-state index contributed by atoms with van der Waals surface area (Å²) < 4.78 is 4.90. The van der Waals surface area contributed by atoms with Gasteiger partial charge in [-0.25, -0.2) is 4.98 Å². The van der Waals surface area contributed by atoms with Crippen molar-refractivity contribution in [3.05, 3.63) is 57.9 Å².